The molecule has 0 unspecified atom stereocenters. The Kier molecular flexibility index (Phi) is 7.62. The molecular formula is C27H36O13. The molecular weight excluding hydrogens is 532 g/mol. The lowest BCUT2D eigenvalue weighted by molar-refractivity contribution is -0.312. The average molecular weight is 569 g/mol. The third-order valence-electron chi connectivity index (χ3n) is 9.71. The molecule has 0 spiro atoms. The van der Waals surface area contributed by atoms with Crippen LogP contribution in [0.4, 0.5) is 0 Å². The van der Waals surface area contributed by atoms with Crippen LogP contribution < -0.4 is 0 Å². The molecule has 5 N–H and O–H groups in total. The van der Waals surface area contributed by atoms with Crippen molar-refractivity contribution in [1.82, 2.24) is 0 Å². The number of carbonyl (C=O) groups is 3. The van der Waals surface area contributed by atoms with Gasteiger partial charge in [-0.3, -0.25) is 4.79 Å². The molecule has 0 aromatic rings. The van der Waals surface area contributed by atoms with E-state index in [9.17, 15) is 39.9 Å². The van der Waals surface area contributed by atoms with Gasteiger partial charge < -0.3 is 49.2 Å². The highest BCUT2D eigenvalue weighted by atomic mass is 16.7. The van der Waals surface area contributed by atoms with Crippen LogP contribution in [0.25, 0.3) is 0 Å². The number of rotatable bonds is 7. The smallest absolute Gasteiger partial charge is 0.334 e. The predicted molar refractivity (Wildman–Crippen MR) is 130 cm³/mol. The quantitative estimate of drug-likeness (QED) is 0.182. The monoisotopic (exact) mass is 568 g/mol. The van der Waals surface area contributed by atoms with Crippen LogP contribution in [0.3, 0.4) is 0 Å². The fraction of sp³-hybridized carbons (Fsp3) is 0.741. The molecule has 2 saturated heterocycles. The van der Waals surface area contributed by atoms with E-state index in [4.69, 9.17) is 23.7 Å². The van der Waals surface area contributed by atoms with Crippen molar-refractivity contribution < 1.29 is 63.6 Å². The van der Waals surface area contributed by atoms with E-state index in [1.807, 2.05) is 19.9 Å². The number of aliphatic hydroxyl groups is 5. The molecule has 5 aliphatic rings. The number of ether oxygens (including phenoxy) is 5. The molecule has 13 nitrogen and oxygen atoms in total. The number of aliphatic hydroxyl groups excluding tert-OH is 5. The summed E-state index contributed by atoms with van der Waals surface area (Å²) < 4.78 is 27.4. The molecule has 0 radical (unpaired) electrons. The molecule has 0 aromatic carbocycles. The zero-order valence-corrected chi connectivity index (χ0v) is 22.5. The molecule has 222 valence electrons. The highest BCUT2D eigenvalue weighted by Gasteiger charge is 2.68. The number of methoxy groups -OCH3 is 1. The van der Waals surface area contributed by atoms with Gasteiger partial charge in [-0.1, -0.05) is 19.9 Å². The minimum absolute atomic E-state index is 0.00273. The van der Waals surface area contributed by atoms with E-state index in [1.54, 1.807) is 0 Å². The maximum atomic E-state index is 13.2. The maximum absolute atomic E-state index is 13.2. The summed E-state index contributed by atoms with van der Waals surface area (Å²) in [4.78, 5) is 38.2. The minimum atomic E-state index is -1.75. The van der Waals surface area contributed by atoms with Crippen molar-refractivity contribution in [3.63, 3.8) is 0 Å². The van der Waals surface area contributed by atoms with Gasteiger partial charge in [0, 0.05) is 22.6 Å². The van der Waals surface area contributed by atoms with Gasteiger partial charge in [-0.05, 0) is 37.0 Å². The number of hydrogen-bond acceptors (Lipinski definition) is 13. The number of cyclic esters (lactones) is 1. The second-order valence-corrected chi connectivity index (χ2v) is 11.7. The van der Waals surface area contributed by atoms with Crippen LogP contribution in [0.2, 0.25) is 0 Å². The Hall–Kier alpha value is -2.39. The Labute approximate surface area is 230 Å². The van der Waals surface area contributed by atoms with Gasteiger partial charge in [-0.2, -0.15) is 0 Å². The van der Waals surface area contributed by atoms with Gasteiger partial charge in [0.15, 0.2) is 6.29 Å². The lowest BCUT2D eigenvalue weighted by Gasteiger charge is -2.56. The lowest BCUT2D eigenvalue weighted by atomic mass is 9.46. The fourth-order valence-electron chi connectivity index (χ4n) is 7.60. The molecule has 2 aliphatic carbocycles. The number of allylic oxidation sites excluding steroid dienone is 1. The number of fused-ring (bicyclic) bond motifs is 4. The fourth-order valence-corrected chi connectivity index (χ4v) is 7.60. The van der Waals surface area contributed by atoms with Crippen LogP contribution in [0.1, 0.15) is 39.5 Å². The molecule has 40 heavy (non-hydrogen) atoms. The SMILES string of the molecule is COC(=O)C1=CCC[C@@H]2[C@](C)(C[C@@H](O[C@@H]3O[C@H](CO)[C@@H](O)[C@H](O)[C@H]3O)C3=CC(=O)O[C@H]3O)[C@@H]3C[C@@H](OC3=O)[C@]12C. The van der Waals surface area contributed by atoms with E-state index in [0.29, 0.717) is 24.8 Å². The van der Waals surface area contributed by atoms with Crippen molar-refractivity contribution in [2.75, 3.05) is 13.7 Å². The topological polar surface area (TPSA) is 199 Å². The van der Waals surface area contributed by atoms with Crippen LogP contribution in [-0.2, 0) is 38.1 Å². The molecule has 3 aliphatic heterocycles. The molecule has 13 heteroatoms. The third kappa shape index (κ3) is 4.39. The Morgan fingerprint density at radius 2 is 1.85 bits per heavy atom. The normalized spacial score (nSPS) is 45.1. The van der Waals surface area contributed by atoms with E-state index in [0.717, 1.165) is 6.08 Å². The average Bonchev–Trinajstić information content (AvgIpc) is 3.47. The highest BCUT2D eigenvalue weighted by Crippen LogP contribution is 2.66. The summed E-state index contributed by atoms with van der Waals surface area (Å²) in [7, 11) is 1.29. The van der Waals surface area contributed by atoms with Gasteiger partial charge in [0.1, 0.15) is 30.5 Å². The van der Waals surface area contributed by atoms with E-state index in [1.165, 1.54) is 7.11 Å². The number of esters is 3. The van der Waals surface area contributed by atoms with Crippen molar-refractivity contribution >= 4 is 17.9 Å². The highest BCUT2D eigenvalue weighted by molar-refractivity contribution is 5.91. The third-order valence-corrected chi connectivity index (χ3v) is 9.71. The van der Waals surface area contributed by atoms with Crippen molar-refractivity contribution in [2.45, 2.75) is 88.7 Å². The second kappa shape index (κ2) is 10.5. The summed E-state index contributed by atoms with van der Waals surface area (Å²) in [6.07, 6.45) is -7.01. The molecule has 0 aromatic heterocycles. The first-order valence-electron chi connectivity index (χ1n) is 13.4. The Bertz CT molecular complexity index is 1120. The summed E-state index contributed by atoms with van der Waals surface area (Å²) in [5.41, 5.74) is -1.39. The summed E-state index contributed by atoms with van der Waals surface area (Å²) in [6, 6.07) is 0. The Balaban J connectivity index is 1.54. The first kappa shape index (κ1) is 29.1. The number of carbonyl (C=O) groups excluding carboxylic acids is 3. The van der Waals surface area contributed by atoms with E-state index in [2.05, 4.69) is 0 Å². The van der Waals surface area contributed by atoms with E-state index in [-0.39, 0.29) is 17.9 Å². The van der Waals surface area contributed by atoms with Crippen molar-refractivity contribution in [1.29, 1.82) is 0 Å². The zero-order valence-electron chi connectivity index (χ0n) is 22.5. The van der Waals surface area contributed by atoms with Gasteiger partial charge in [-0.25, -0.2) is 9.59 Å². The van der Waals surface area contributed by atoms with Crippen molar-refractivity contribution in [2.24, 2.45) is 22.7 Å². The molecule has 5 rings (SSSR count). The van der Waals surface area contributed by atoms with E-state index < -0.39 is 90.5 Å². The largest absolute Gasteiger partial charge is 0.466 e. The Morgan fingerprint density at radius 1 is 1.12 bits per heavy atom. The maximum Gasteiger partial charge on any atom is 0.334 e. The van der Waals surface area contributed by atoms with Crippen LogP contribution in [0.15, 0.2) is 23.3 Å². The molecule has 3 fully saturated rings. The van der Waals surface area contributed by atoms with Crippen LogP contribution in [0, 0.1) is 22.7 Å². The molecule has 12 atom stereocenters. The standard InChI is InChI=1S/C27H36O13/c1-26(13-8-17(39-24(13)35)27(2)12(23(34)36-3)5-4-6-16(26)27)9-14(11-7-18(29)40-22(11)33)37-25-21(32)20(31)19(30)15(10-28)38-25/h5,7,13-17,19-22,25,28,30-33H,4,6,8-10H2,1-3H3/t13-,14-,15-,16-,17-,19-,20+,21-,22-,25-,26-,27-/m1/s1. The van der Waals surface area contributed by atoms with Crippen LogP contribution >= 0.6 is 0 Å². The number of hydrogen-bond donors (Lipinski definition) is 5. The van der Waals surface area contributed by atoms with E-state index >= 15 is 0 Å². The summed E-state index contributed by atoms with van der Waals surface area (Å²) >= 11 is 0. The first-order chi connectivity index (χ1) is 18.9. The second-order valence-electron chi connectivity index (χ2n) is 11.7. The van der Waals surface area contributed by atoms with Gasteiger partial charge >= 0.3 is 17.9 Å². The van der Waals surface area contributed by atoms with Gasteiger partial charge in [-0.15, -0.1) is 0 Å². The van der Waals surface area contributed by atoms with Gasteiger partial charge in [0.25, 0.3) is 0 Å². The predicted octanol–water partition coefficient (Wildman–Crippen LogP) is -1.17. The lowest BCUT2D eigenvalue weighted by Crippen LogP contribution is -2.60. The molecule has 0 amide bonds. The molecule has 1 saturated carbocycles. The summed E-state index contributed by atoms with van der Waals surface area (Å²) in [6.45, 7) is 3.07. The van der Waals surface area contributed by atoms with Crippen LogP contribution in [-0.4, -0.2) is 106 Å². The van der Waals surface area contributed by atoms with Gasteiger partial charge in [0.05, 0.1) is 25.7 Å². The van der Waals surface area contributed by atoms with Gasteiger partial charge in [0.2, 0.25) is 6.29 Å². The van der Waals surface area contributed by atoms with Crippen molar-refractivity contribution in [3.8, 4) is 0 Å². The minimum Gasteiger partial charge on any atom is -0.466 e. The summed E-state index contributed by atoms with van der Waals surface area (Å²) in [5, 5.41) is 51.3. The Morgan fingerprint density at radius 3 is 2.48 bits per heavy atom. The van der Waals surface area contributed by atoms with Crippen molar-refractivity contribution in [3.05, 3.63) is 23.3 Å². The molecule has 2 bridgehead atoms. The summed E-state index contributed by atoms with van der Waals surface area (Å²) in [5.74, 6) is -2.68. The molecule has 3 heterocycles. The van der Waals surface area contributed by atoms with Crippen LogP contribution in [0.5, 0.6) is 0 Å². The zero-order chi connectivity index (χ0) is 29.1. The first-order valence-corrected chi connectivity index (χ1v) is 13.4.